The second-order valence-corrected chi connectivity index (χ2v) is 7.75. The number of halogens is 3. The zero-order valence-corrected chi connectivity index (χ0v) is 15.0. The molecule has 0 N–H and O–H groups in total. The molecule has 1 aromatic carbocycles. The first kappa shape index (κ1) is 15.5. The van der Waals surface area contributed by atoms with Gasteiger partial charge in [-0.05, 0) is 47.9 Å². The number of hydrogen-bond acceptors (Lipinski definition) is 1. The van der Waals surface area contributed by atoms with Crippen LogP contribution < -0.4 is 0 Å². The fourth-order valence-electron chi connectivity index (χ4n) is 3.29. The highest BCUT2D eigenvalue weighted by Crippen LogP contribution is 2.31. The van der Waals surface area contributed by atoms with Gasteiger partial charge in [0.1, 0.15) is 11.6 Å². The maximum atomic E-state index is 13.9. The summed E-state index contributed by atoms with van der Waals surface area (Å²) >= 11 is 8.28. The van der Waals surface area contributed by atoms with Gasteiger partial charge in [0.2, 0.25) is 0 Å². The maximum absolute atomic E-state index is 13.9. The Morgan fingerprint density at radius 2 is 2.14 bits per heavy atom. The molecule has 2 nitrogen and oxygen atoms in total. The molecule has 0 spiro atoms. The van der Waals surface area contributed by atoms with Gasteiger partial charge in [-0.25, -0.2) is 9.37 Å². The molecule has 0 bridgehead atoms. The average molecular weight is 421 g/mol. The highest BCUT2D eigenvalue weighted by atomic mass is 127. The van der Waals surface area contributed by atoms with E-state index in [-0.39, 0.29) is 11.2 Å². The van der Waals surface area contributed by atoms with Crippen LogP contribution in [0.2, 0.25) is 0 Å². The number of fused-ring (bicyclic) bond motifs is 1. The lowest BCUT2D eigenvalue weighted by molar-refractivity contribution is 0.456. The fourth-order valence-corrected chi connectivity index (χ4v) is 3.91. The van der Waals surface area contributed by atoms with Crippen molar-refractivity contribution in [2.45, 2.75) is 50.9 Å². The van der Waals surface area contributed by atoms with Gasteiger partial charge in [-0.2, -0.15) is 0 Å². The molecule has 1 unspecified atom stereocenters. The lowest BCUT2D eigenvalue weighted by Gasteiger charge is -2.14. The topological polar surface area (TPSA) is 17.8 Å². The average Bonchev–Trinajstić information content (AvgIpc) is 3.05. The number of aryl methyl sites for hydroxylation is 1. The van der Waals surface area contributed by atoms with Gasteiger partial charge >= 0.3 is 0 Å². The summed E-state index contributed by atoms with van der Waals surface area (Å²) in [5.74, 6) is 1.47. The predicted octanol–water partition coefficient (Wildman–Crippen LogP) is 5.66. The fraction of sp³-hybridized carbons (Fsp3) is 0.562. The lowest BCUT2D eigenvalue weighted by Crippen LogP contribution is -2.08. The molecule has 2 aromatic rings. The van der Waals surface area contributed by atoms with Crippen LogP contribution in [0.4, 0.5) is 4.39 Å². The molecule has 1 saturated carbocycles. The van der Waals surface area contributed by atoms with Crippen LogP contribution in [0.25, 0.3) is 11.0 Å². The van der Waals surface area contributed by atoms with E-state index in [0.29, 0.717) is 3.57 Å². The van der Waals surface area contributed by atoms with E-state index in [2.05, 4.69) is 9.55 Å². The van der Waals surface area contributed by atoms with Gasteiger partial charge in [0.05, 0.1) is 20.0 Å². The summed E-state index contributed by atoms with van der Waals surface area (Å²) in [6.45, 7) is 2.81. The van der Waals surface area contributed by atoms with Crippen molar-refractivity contribution in [3.8, 4) is 0 Å². The Balaban J connectivity index is 1.96. The van der Waals surface area contributed by atoms with Crippen molar-refractivity contribution in [3.63, 3.8) is 0 Å². The number of alkyl halides is 1. The summed E-state index contributed by atoms with van der Waals surface area (Å²) < 4.78 is 16.6. The molecule has 3 rings (SSSR count). The molecule has 1 heterocycles. The third-order valence-electron chi connectivity index (χ3n) is 4.41. The molecule has 5 heteroatoms. The van der Waals surface area contributed by atoms with Crippen LogP contribution in [0, 0.1) is 15.3 Å². The normalized spacial score (nSPS) is 17.7. The molecule has 1 aliphatic rings. The minimum absolute atomic E-state index is 0.165. The van der Waals surface area contributed by atoms with Crippen molar-refractivity contribution >= 4 is 45.2 Å². The van der Waals surface area contributed by atoms with Gasteiger partial charge in [-0.1, -0.05) is 25.7 Å². The first-order chi connectivity index (χ1) is 10.1. The van der Waals surface area contributed by atoms with Crippen LogP contribution in [0.5, 0.6) is 0 Å². The summed E-state index contributed by atoms with van der Waals surface area (Å²) in [5.41, 5.74) is 1.71. The largest absolute Gasteiger partial charge is 0.327 e. The van der Waals surface area contributed by atoms with Gasteiger partial charge in [0.15, 0.2) is 0 Å². The summed E-state index contributed by atoms with van der Waals surface area (Å²) in [7, 11) is 0. The first-order valence-corrected chi connectivity index (χ1v) is 9.07. The second kappa shape index (κ2) is 6.41. The van der Waals surface area contributed by atoms with Crippen molar-refractivity contribution in [2.24, 2.45) is 5.92 Å². The van der Waals surface area contributed by atoms with E-state index in [1.807, 2.05) is 29.5 Å². The molecule has 0 aliphatic heterocycles. The second-order valence-electron chi connectivity index (χ2n) is 5.93. The highest BCUT2D eigenvalue weighted by molar-refractivity contribution is 14.1. The van der Waals surface area contributed by atoms with Gasteiger partial charge < -0.3 is 4.57 Å². The Labute approximate surface area is 143 Å². The van der Waals surface area contributed by atoms with Gasteiger partial charge in [0, 0.05) is 12.6 Å². The zero-order valence-electron chi connectivity index (χ0n) is 12.1. The Hall–Kier alpha value is -0.360. The highest BCUT2D eigenvalue weighted by Gasteiger charge is 2.19. The molecule has 1 aliphatic carbocycles. The minimum atomic E-state index is -0.182. The Bertz CT molecular complexity index is 647. The first-order valence-electron chi connectivity index (χ1n) is 7.55. The van der Waals surface area contributed by atoms with Crippen LogP contribution in [-0.4, -0.2) is 9.55 Å². The molecule has 1 atom stereocenters. The van der Waals surface area contributed by atoms with Crippen LogP contribution in [0.15, 0.2) is 12.1 Å². The van der Waals surface area contributed by atoms with Crippen molar-refractivity contribution in [2.75, 3.05) is 0 Å². The summed E-state index contributed by atoms with van der Waals surface area (Å²) in [6.07, 6.45) is 6.48. The van der Waals surface area contributed by atoms with Crippen LogP contribution in [0.3, 0.4) is 0 Å². The van der Waals surface area contributed by atoms with Crippen molar-refractivity contribution in [1.29, 1.82) is 0 Å². The van der Waals surface area contributed by atoms with Crippen LogP contribution in [-0.2, 0) is 6.54 Å². The Morgan fingerprint density at radius 3 is 2.81 bits per heavy atom. The number of hydrogen-bond donors (Lipinski definition) is 0. The van der Waals surface area contributed by atoms with Crippen molar-refractivity contribution < 1.29 is 4.39 Å². The number of imidazole rings is 1. The van der Waals surface area contributed by atoms with E-state index in [4.69, 9.17) is 11.6 Å². The smallest absolute Gasteiger partial charge is 0.138 e. The number of aromatic nitrogens is 2. The molecular weight excluding hydrogens is 402 g/mol. The standard InChI is InChI=1S/C16H19ClFIN2/c1-10(17)16-20-14-9-13(19)12(18)8-15(14)21(16)7-6-11-4-2-3-5-11/h8-11H,2-7H2,1H3. The molecule has 114 valence electrons. The SMILES string of the molecule is CC(Cl)c1nc2cc(I)c(F)cc2n1CCC1CCCC1. The van der Waals surface area contributed by atoms with Crippen molar-refractivity contribution in [1.82, 2.24) is 9.55 Å². The number of benzene rings is 1. The maximum Gasteiger partial charge on any atom is 0.138 e. The van der Waals surface area contributed by atoms with E-state index in [0.717, 1.165) is 35.7 Å². The van der Waals surface area contributed by atoms with E-state index in [9.17, 15) is 4.39 Å². The van der Waals surface area contributed by atoms with E-state index < -0.39 is 0 Å². The van der Waals surface area contributed by atoms with E-state index in [1.54, 1.807) is 12.1 Å². The van der Waals surface area contributed by atoms with Gasteiger partial charge in [-0.3, -0.25) is 0 Å². The third-order valence-corrected chi connectivity index (χ3v) is 5.43. The molecule has 0 radical (unpaired) electrons. The predicted molar refractivity (Wildman–Crippen MR) is 93.3 cm³/mol. The number of rotatable bonds is 4. The molecular formula is C16H19ClFIN2. The van der Waals surface area contributed by atoms with Gasteiger partial charge in [-0.15, -0.1) is 11.6 Å². The monoisotopic (exact) mass is 420 g/mol. The summed E-state index contributed by atoms with van der Waals surface area (Å²) in [5, 5.41) is -0.165. The molecule has 0 saturated heterocycles. The van der Waals surface area contributed by atoms with E-state index in [1.165, 1.54) is 25.7 Å². The van der Waals surface area contributed by atoms with Gasteiger partial charge in [0.25, 0.3) is 0 Å². The summed E-state index contributed by atoms with van der Waals surface area (Å²) in [4.78, 5) is 4.62. The lowest BCUT2D eigenvalue weighted by atomic mass is 10.0. The zero-order chi connectivity index (χ0) is 15.0. The Kier molecular flexibility index (Phi) is 4.74. The summed E-state index contributed by atoms with van der Waals surface area (Å²) in [6, 6.07) is 3.40. The number of nitrogens with zero attached hydrogens (tertiary/aromatic N) is 2. The third kappa shape index (κ3) is 3.21. The van der Waals surface area contributed by atoms with Crippen LogP contribution in [0.1, 0.15) is 50.2 Å². The quantitative estimate of drug-likeness (QED) is 0.461. The minimum Gasteiger partial charge on any atom is -0.327 e. The van der Waals surface area contributed by atoms with E-state index >= 15 is 0 Å². The molecule has 1 fully saturated rings. The molecule has 0 amide bonds. The molecule has 21 heavy (non-hydrogen) atoms. The van der Waals surface area contributed by atoms with Crippen molar-refractivity contribution in [3.05, 3.63) is 27.3 Å². The Morgan fingerprint density at radius 1 is 1.43 bits per heavy atom. The molecule has 1 aromatic heterocycles. The van der Waals surface area contributed by atoms with Crippen LogP contribution >= 0.6 is 34.2 Å².